The van der Waals surface area contributed by atoms with E-state index in [0.29, 0.717) is 6.04 Å². The fourth-order valence-electron chi connectivity index (χ4n) is 2.70. The molecule has 1 fully saturated rings. The average molecular weight is 341 g/mol. The number of halogens is 1. The standard InChI is InChI=1S/C15H25BrN4/c1-3-5-14-18-13(16)11-15(19-14)17-12-6-9-20(8-4-2)10-7-12/h11-12H,3-10H2,1-2H3,(H,17,18,19). The minimum absolute atomic E-state index is 0.541. The Balaban J connectivity index is 1.90. The van der Waals surface area contributed by atoms with Gasteiger partial charge >= 0.3 is 0 Å². The maximum atomic E-state index is 4.61. The van der Waals surface area contributed by atoms with E-state index < -0.39 is 0 Å². The first-order valence-corrected chi connectivity index (χ1v) is 8.53. The molecule has 0 saturated carbocycles. The van der Waals surface area contributed by atoms with Gasteiger partial charge in [-0.05, 0) is 48.2 Å². The molecular weight excluding hydrogens is 316 g/mol. The van der Waals surface area contributed by atoms with Crippen molar-refractivity contribution in [1.29, 1.82) is 0 Å². The fourth-order valence-corrected chi connectivity index (χ4v) is 3.12. The molecule has 20 heavy (non-hydrogen) atoms. The van der Waals surface area contributed by atoms with Crippen LogP contribution >= 0.6 is 15.9 Å². The maximum absolute atomic E-state index is 4.61. The van der Waals surface area contributed by atoms with Gasteiger partial charge in [-0.1, -0.05) is 13.8 Å². The second kappa shape index (κ2) is 7.93. The van der Waals surface area contributed by atoms with Crippen LogP contribution < -0.4 is 5.32 Å². The number of piperidine rings is 1. The molecule has 4 nitrogen and oxygen atoms in total. The number of hydrogen-bond donors (Lipinski definition) is 1. The predicted molar refractivity (Wildman–Crippen MR) is 87.1 cm³/mol. The van der Waals surface area contributed by atoms with Crippen LogP contribution in [0.3, 0.4) is 0 Å². The molecule has 1 aromatic heterocycles. The smallest absolute Gasteiger partial charge is 0.132 e. The van der Waals surface area contributed by atoms with Crippen molar-refractivity contribution in [2.75, 3.05) is 25.0 Å². The van der Waals surface area contributed by atoms with Crippen molar-refractivity contribution in [2.24, 2.45) is 0 Å². The van der Waals surface area contributed by atoms with Gasteiger partial charge in [0.15, 0.2) is 0 Å². The number of likely N-dealkylation sites (tertiary alicyclic amines) is 1. The summed E-state index contributed by atoms with van der Waals surface area (Å²) in [5.41, 5.74) is 0. The van der Waals surface area contributed by atoms with E-state index in [1.807, 2.05) is 6.07 Å². The number of nitrogens with zero attached hydrogens (tertiary/aromatic N) is 3. The lowest BCUT2D eigenvalue weighted by atomic mass is 10.0. The highest BCUT2D eigenvalue weighted by Gasteiger charge is 2.18. The lowest BCUT2D eigenvalue weighted by Gasteiger charge is -2.32. The summed E-state index contributed by atoms with van der Waals surface area (Å²) in [5.74, 6) is 1.89. The number of anilines is 1. The van der Waals surface area contributed by atoms with Gasteiger partial charge in [-0.25, -0.2) is 9.97 Å². The van der Waals surface area contributed by atoms with Crippen LogP contribution in [0.1, 0.15) is 45.4 Å². The molecule has 2 heterocycles. The highest BCUT2D eigenvalue weighted by atomic mass is 79.9. The number of hydrogen-bond acceptors (Lipinski definition) is 4. The van der Waals surface area contributed by atoms with Crippen LogP contribution in [0.2, 0.25) is 0 Å². The van der Waals surface area contributed by atoms with Crippen LogP contribution in [0, 0.1) is 0 Å². The Labute approximate surface area is 130 Å². The lowest BCUT2D eigenvalue weighted by Crippen LogP contribution is -2.39. The maximum Gasteiger partial charge on any atom is 0.132 e. The monoisotopic (exact) mass is 340 g/mol. The molecule has 5 heteroatoms. The summed E-state index contributed by atoms with van der Waals surface area (Å²) in [4.78, 5) is 11.6. The number of aryl methyl sites for hydroxylation is 1. The molecule has 0 atom stereocenters. The van der Waals surface area contributed by atoms with Crippen LogP contribution in [0.5, 0.6) is 0 Å². The molecule has 0 unspecified atom stereocenters. The van der Waals surface area contributed by atoms with Gasteiger partial charge in [-0.3, -0.25) is 0 Å². The van der Waals surface area contributed by atoms with Gasteiger partial charge in [0.1, 0.15) is 16.2 Å². The minimum atomic E-state index is 0.541. The van der Waals surface area contributed by atoms with Crippen molar-refractivity contribution in [3.8, 4) is 0 Å². The molecule has 0 radical (unpaired) electrons. The summed E-state index contributed by atoms with van der Waals surface area (Å²) < 4.78 is 0.877. The van der Waals surface area contributed by atoms with Gasteiger partial charge in [0.05, 0.1) is 0 Å². The normalized spacial score (nSPS) is 17.4. The zero-order chi connectivity index (χ0) is 14.4. The molecule has 112 valence electrons. The summed E-state index contributed by atoms with van der Waals surface area (Å²) in [5, 5.41) is 3.58. The number of aromatic nitrogens is 2. The van der Waals surface area contributed by atoms with Crippen molar-refractivity contribution in [3.63, 3.8) is 0 Å². The molecule has 2 rings (SSSR count). The van der Waals surface area contributed by atoms with E-state index in [4.69, 9.17) is 0 Å². The van der Waals surface area contributed by atoms with Crippen molar-refractivity contribution in [3.05, 3.63) is 16.5 Å². The van der Waals surface area contributed by atoms with Crippen LogP contribution in [0.4, 0.5) is 5.82 Å². The van der Waals surface area contributed by atoms with Crippen LogP contribution in [0.25, 0.3) is 0 Å². The highest BCUT2D eigenvalue weighted by Crippen LogP contribution is 2.18. The third kappa shape index (κ3) is 4.70. The second-order valence-electron chi connectivity index (χ2n) is 5.50. The van der Waals surface area contributed by atoms with Gasteiger partial charge in [-0.15, -0.1) is 0 Å². The zero-order valence-corrected chi connectivity index (χ0v) is 14.1. The topological polar surface area (TPSA) is 41.1 Å². The molecule has 0 aromatic carbocycles. The van der Waals surface area contributed by atoms with Gasteiger partial charge < -0.3 is 10.2 Å². The SMILES string of the molecule is CCCc1nc(Br)cc(NC2CCN(CCC)CC2)n1. The molecule has 1 aromatic rings. The Kier molecular flexibility index (Phi) is 6.23. The van der Waals surface area contributed by atoms with Crippen LogP contribution in [-0.4, -0.2) is 40.5 Å². The summed E-state index contributed by atoms with van der Waals surface area (Å²) in [7, 11) is 0. The summed E-state index contributed by atoms with van der Waals surface area (Å²) in [6.07, 6.45) is 5.65. The van der Waals surface area contributed by atoms with E-state index >= 15 is 0 Å². The van der Waals surface area contributed by atoms with Crippen molar-refractivity contribution < 1.29 is 0 Å². The van der Waals surface area contributed by atoms with E-state index in [1.54, 1.807) is 0 Å². The summed E-state index contributed by atoms with van der Waals surface area (Å²) in [6.45, 7) is 8.02. The van der Waals surface area contributed by atoms with Crippen molar-refractivity contribution in [2.45, 2.75) is 52.0 Å². The third-order valence-electron chi connectivity index (χ3n) is 3.69. The zero-order valence-electron chi connectivity index (χ0n) is 12.5. The molecule has 0 amide bonds. The van der Waals surface area contributed by atoms with Crippen molar-refractivity contribution in [1.82, 2.24) is 14.9 Å². The Hall–Kier alpha value is -0.680. The first kappa shape index (κ1) is 15.7. The first-order chi connectivity index (χ1) is 9.71. The van der Waals surface area contributed by atoms with Gasteiger partial charge in [0.2, 0.25) is 0 Å². The van der Waals surface area contributed by atoms with E-state index in [-0.39, 0.29) is 0 Å². The quantitative estimate of drug-likeness (QED) is 0.805. The average Bonchev–Trinajstić information content (AvgIpc) is 2.41. The third-order valence-corrected chi connectivity index (χ3v) is 4.10. The minimum Gasteiger partial charge on any atom is -0.367 e. The number of rotatable bonds is 6. The second-order valence-corrected chi connectivity index (χ2v) is 6.31. The Morgan fingerprint density at radius 3 is 2.65 bits per heavy atom. The number of nitrogens with one attached hydrogen (secondary N) is 1. The molecular formula is C15H25BrN4. The van der Waals surface area contributed by atoms with E-state index in [2.05, 4.69) is 50.0 Å². The summed E-state index contributed by atoms with van der Waals surface area (Å²) >= 11 is 3.48. The van der Waals surface area contributed by atoms with E-state index in [0.717, 1.165) is 29.1 Å². The molecule has 1 aliphatic rings. The van der Waals surface area contributed by atoms with Gasteiger partial charge in [-0.2, -0.15) is 0 Å². The lowest BCUT2D eigenvalue weighted by molar-refractivity contribution is 0.219. The van der Waals surface area contributed by atoms with Crippen LogP contribution in [-0.2, 0) is 6.42 Å². The van der Waals surface area contributed by atoms with E-state index in [1.165, 1.54) is 38.9 Å². The summed E-state index contributed by atoms with van der Waals surface area (Å²) in [6, 6.07) is 2.52. The van der Waals surface area contributed by atoms with Crippen LogP contribution in [0.15, 0.2) is 10.7 Å². The fraction of sp³-hybridized carbons (Fsp3) is 0.733. The van der Waals surface area contributed by atoms with Crippen molar-refractivity contribution >= 4 is 21.7 Å². The largest absolute Gasteiger partial charge is 0.367 e. The van der Waals surface area contributed by atoms with E-state index in [9.17, 15) is 0 Å². The molecule has 0 spiro atoms. The highest BCUT2D eigenvalue weighted by molar-refractivity contribution is 9.10. The Morgan fingerprint density at radius 2 is 2.00 bits per heavy atom. The predicted octanol–water partition coefficient (Wildman–Crippen LogP) is 3.48. The molecule has 1 aliphatic heterocycles. The Bertz CT molecular complexity index is 416. The first-order valence-electron chi connectivity index (χ1n) is 7.73. The molecule has 1 N–H and O–H groups in total. The molecule has 0 bridgehead atoms. The van der Waals surface area contributed by atoms with Gasteiger partial charge in [0.25, 0.3) is 0 Å². The molecule has 0 aliphatic carbocycles. The molecule has 1 saturated heterocycles. The Morgan fingerprint density at radius 1 is 1.25 bits per heavy atom. The van der Waals surface area contributed by atoms with Gasteiger partial charge in [0, 0.05) is 31.6 Å².